The molecule has 0 saturated heterocycles. The minimum atomic E-state index is -3.87. The Kier molecular flexibility index (Phi) is 3.43. The Hall–Kier alpha value is -2.48. The molecular weight excluding hydrogens is 270 g/mol. The van der Waals surface area contributed by atoms with Crippen LogP contribution >= 0.6 is 0 Å². The first-order valence-corrected chi connectivity index (χ1v) is 6.60. The number of nitrogens with one attached hydrogen (secondary N) is 1. The van der Waals surface area contributed by atoms with Crippen LogP contribution in [0.4, 0.5) is 5.82 Å². The van der Waals surface area contributed by atoms with Crippen LogP contribution in [0.3, 0.4) is 0 Å². The van der Waals surface area contributed by atoms with Gasteiger partial charge in [0.2, 0.25) is 0 Å². The molecule has 0 aromatic carbocycles. The lowest BCUT2D eigenvalue weighted by Crippen LogP contribution is -2.15. The Morgan fingerprint density at radius 3 is 2.47 bits per heavy atom. The van der Waals surface area contributed by atoms with Gasteiger partial charge in [-0.3, -0.25) is 4.72 Å². The lowest BCUT2D eigenvalue weighted by Gasteiger charge is -2.06. The van der Waals surface area contributed by atoms with Crippen LogP contribution in [0.25, 0.3) is 0 Å². The van der Waals surface area contributed by atoms with Gasteiger partial charge in [-0.05, 0) is 24.3 Å². The molecule has 2 heterocycles. The second-order valence-electron chi connectivity index (χ2n) is 3.51. The SMILES string of the molecule is O=C(O)c1ccc(S(=O)(=O)Nc2ccccn2)nc1. The molecule has 2 rings (SSSR count). The van der Waals surface area contributed by atoms with Gasteiger partial charge in [-0.25, -0.2) is 14.8 Å². The smallest absolute Gasteiger partial charge is 0.337 e. The van der Waals surface area contributed by atoms with E-state index in [0.29, 0.717) is 0 Å². The third-order valence-corrected chi connectivity index (χ3v) is 3.43. The average Bonchev–Trinajstić information content (AvgIpc) is 2.39. The topological polar surface area (TPSA) is 109 Å². The van der Waals surface area contributed by atoms with Gasteiger partial charge in [0.15, 0.2) is 5.03 Å². The second-order valence-corrected chi connectivity index (χ2v) is 5.14. The standard InChI is InChI=1S/C11H9N3O4S/c15-11(16)8-4-5-10(13-7-8)19(17,18)14-9-3-1-2-6-12-9/h1-7H,(H,12,14)(H,15,16). The van der Waals surface area contributed by atoms with E-state index in [-0.39, 0.29) is 16.4 Å². The van der Waals surface area contributed by atoms with Gasteiger partial charge in [-0.2, -0.15) is 8.42 Å². The van der Waals surface area contributed by atoms with E-state index in [4.69, 9.17) is 5.11 Å². The minimum Gasteiger partial charge on any atom is -0.478 e. The zero-order valence-corrected chi connectivity index (χ0v) is 10.3. The molecule has 2 aromatic rings. The van der Waals surface area contributed by atoms with Crippen molar-refractivity contribution in [2.24, 2.45) is 0 Å². The van der Waals surface area contributed by atoms with E-state index < -0.39 is 16.0 Å². The van der Waals surface area contributed by atoms with E-state index in [9.17, 15) is 13.2 Å². The van der Waals surface area contributed by atoms with Crippen molar-refractivity contribution in [2.45, 2.75) is 5.03 Å². The van der Waals surface area contributed by atoms with Gasteiger partial charge in [0, 0.05) is 12.4 Å². The molecule has 0 atom stereocenters. The van der Waals surface area contributed by atoms with E-state index in [1.165, 1.54) is 18.3 Å². The van der Waals surface area contributed by atoms with Crippen LogP contribution < -0.4 is 4.72 Å². The number of carboxylic acid groups (broad SMARTS) is 1. The van der Waals surface area contributed by atoms with Crippen LogP contribution in [0.5, 0.6) is 0 Å². The summed E-state index contributed by atoms with van der Waals surface area (Å²) in [4.78, 5) is 18.1. The van der Waals surface area contributed by atoms with Crippen LogP contribution in [-0.4, -0.2) is 29.5 Å². The molecule has 19 heavy (non-hydrogen) atoms. The van der Waals surface area contributed by atoms with Crippen molar-refractivity contribution in [3.05, 3.63) is 48.3 Å². The fourth-order valence-corrected chi connectivity index (χ4v) is 2.22. The van der Waals surface area contributed by atoms with Gasteiger partial charge >= 0.3 is 5.97 Å². The molecule has 0 saturated carbocycles. The van der Waals surface area contributed by atoms with Crippen molar-refractivity contribution >= 4 is 21.8 Å². The van der Waals surface area contributed by atoms with Gasteiger partial charge in [0.05, 0.1) is 5.56 Å². The van der Waals surface area contributed by atoms with Gasteiger partial charge < -0.3 is 5.11 Å². The second kappa shape index (κ2) is 5.02. The van der Waals surface area contributed by atoms with Crippen LogP contribution in [0.1, 0.15) is 10.4 Å². The zero-order chi connectivity index (χ0) is 13.9. The first kappa shape index (κ1) is 13.0. The third kappa shape index (κ3) is 3.05. The summed E-state index contributed by atoms with van der Waals surface area (Å²) >= 11 is 0. The maximum Gasteiger partial charge on any atom is 0.337 e. The molecule has 7 nitrogen and oxygen atoms in total. The molecule has 98 valence electrons. The van der Waals surface area contributed by atoms with Crippen LogP contribution in [0.2, 0.25) is 0 Å². The molecule has 0 aliphatic carbocycles. The van der Waals surface area contributed by atoms with E-state index in [0.717, 1.165) is 12.3 Å². The van der Waals surface area contributed by atoms with Crippen LogP contribution in [-0.2, 0) is 10.0 Å². The number of rotatable bonds is 4. The highest BCUT2D eigenvalue weighted by Gasteiger charge is 2.17. The van der Waals surface area contributed by atoms with E-state index in [1.807, 2.05) is 0 Å². The summed E-state index contributed by atoms with van der Waals surface area (Å²) < 4.78 is 26.1. The van der Waals surface area contributed by atoms with Crippen molar-refractivity contribution in [1.82, 2.24) is 9.97 Å². The number of sulfonamides is 1. The number of carboxylic acids is 1. The Morgan fingerprint density at radius 1 is 1.16 bits per heavy atom. The third-order valence-electron chi connectivity index (χ3n) is 2.16. The Morgan fingerprint density at radius 2 is 1.95 bits per heavy atom. The molecule has 8 heteroatoms. The van der Waals surface area contributed by atoms with E-state index in [1.54, 1.807) is 12.1 Å². The predicted octanol–water partition coefficient (Wildman–Crippen LogP) is 0.976. The van der Waals surface area contributed by atoms with E-state index >= 15 is 0 Å². The normalized spacial score (nSPS) is 10.9. The predicted molar refractivity (Wildman–Crippen MR) is 66.2 cm³/mol. The number of nitrogens with zero attached hydrogens (tertiary/aromatic N) is 2. The summed E-state index contributed by atoms with van der Waals surface area (Å²) in [7, 11) is -3.87. The monoisotopic (exact) mass is 279 g/mol. The number of aromatic carboxylic acids is 1. The number of anilines is 1. The molecule has 0 unspecified atom stereocenters. The van der Waals surface area contributed by atoms with Gasteiger partial charge in [-0.1, -0.05) is 6.07 Å². The van der Waals surface area contributed by atoms with Gasteiger partial charge in [0.25, 0.3) is 10.0 Å². The molecule has 0 aliphatic rings. The molecule has 0 aliphatic heterocycles. The number of hydrogen-bond donors (Lipinski definition) is 2. The molecule has 2 N–H and O–H groups in total. The van der Waals surface area contributed by atoms with Crippen molar-refractivity contribution in [3.63, 3.8) is 0 Å². The van der Waals surface area contributed by atoms with Crippen molar-refractivity contribution in [1.29, 1.82) is 0 Å². The highest BCUT2D eigenvalue weighted by molar-refractivity contribution is 7.92. The van der Waals surface area contributed by atoms with Gasteiger partial charge in [-0.15, -0.1) is 0 Å². The first-order valence-electron chi connectivity index (χ1n) is 5.12. The molecule has 0 radical (unpaired) electrons. The maximum atomic E-state index is 11.9. The summed E-state index contributed by atoms with van der Waals surface area (Å²) in [5.74, 6) is -1.01. The minimum absolute atomic E-state index is 0.0863. The molecule has 2 aromatic heterocycles. The quantitative estimate of drug-likeness (QED) is 0.863. The molecule has 0 spiro atoms. The van der Waals surface area contributed by atoms with Crippen molar-refractivity contribution in [2.75, 3.05) is 4.72 Å². The van der Waals surface area contributed by atoms with Crippen LogP contribution in [0.15, 0.2) is 47.8 Å². The number of aromatic nitrogens is 2. The molecule has 0 amide bonds. The molecule has 0 bridgehead atoms. The van der Waals surface area contributed by atoms with Crippen molar-refractivity contribution < 1.29 is 18.3 Å². The Balaban J connectivity index is 2.27. The molecule has 0 fully saturated rings. The summed E-state index contributed by atoms with van der Waals surface area (Å²) in [5.41, 5.74) is -0.0863. The first-order chi connectivity index (χ1) is 8.99. The van der Waals surface area contributed by atoms with Crippen LogP contribution in [0, 0.1) is 0 Å². The highest BCUT2D eigenvalue weighted by Crippen LogP contribution is 2.12. The Bertz CT molecular complexity index is 684. The largest absolute Gasteiger partial charge is 0.478 e. The fourth-order valence-electron chi connectivity index (χ4n) is 1.28. The van der Waals surface area contributed by atoms with Gasteiger partial charge in [0.1, 0.15) is 5.82 Å². The number of hydrogen-bond acceptors (Lipinski definition) is 5. The lowest BCUT2D eigenvalue weighted by atomic mass is 10.3. The highest BCUT2D eigenvalue weighted by atomic mass is 32.2. The average molecular weight is 279 g/mol. The van der Waals surface area contributed by atoms with Crippen molar-refractivity contribution in [3.8, 4) is 0 Å². The Labute approximate surface area is 109 Å². The maximum absolute atomic E-state index is 11.9. The summed E-state index contributed by atoms with van der Waals surface area (Å²) in [5, 5.41) is 8.42. The summed E-state index contributed by atoms with van der Waals surface area (Å²) in [6.45, 7) is 0. The number of pyridine rings is 2. The van der Waals surface area contributed by atoms with E-state index in [2.05, 4.69) is 14.7 Å². The molecular formula is C11H9N3O4S. The summed E-state index contributed by atoms with van der Waals surface area (Å²) in [6, 6.07) is 7.06. The lowest BCUT2D eigenvalue weighted by molar-refractivity contribution is 0.0696. The fraction of sp³-hybridized carbons (Fsp3) is 0. The summed E-state index contributed by atoms with van der Waals surface area (Å²) in [6.07, 6.45) is 2.42. The number of carbonyl (C=O) groups is 1. The zero-order valence-electron chi connectivity index (χ0n) is 9.52.